The lowest BCUT2D eigenvalue weighted by Crippen LogP contribution is -2.40. The number of aryl methyl sites for hydroxylation is 2. The van der Waals surface area contributed by atoms with Gasteiger partial charge in [0.2, 0.25) is 0 Å². The van der Waals surface area contributed by atoms with E-state index in [0.717, 1.165) is 42.1 Å². The third-order valence-electron chi connectivity index (χ3n) is 5.62. The molecule has 144 valence electrons. The van der Waals surface area contributed by atoms with Crippen molar-refractivity contribution < 1.29 is 4.79 Å². The number of para-hydroxylation sites is 2. The van der Waals surface area contributed by atoms with Gasteiger partial charge >= 0.3 is 6.03 Å². The van der Waals surface area contributed by atoms with Crippen molar-refractivity contribution in [2.45, 2.75) is 32.7 Å². The molecule has 1 saturated heterocycles. The predicted octanol–water partition coefficient (Wildman–Crippen LogP) is 5.13. The molecule has 3 aromatic rings. The summed E-state index contributed by atoms with van der Waals surface area (Å²) in [6.45, 7) is 4.88. The van der Waals surface area contributed by atoms with Crippen LogP contribution in [0.25, 0.3) is 0 Å². The summed E-state index contributed by atoms with van der Waals surface area (Å²) >= 11 is 0. The number of carbonyl (C=O) groups is 1. The van der Waals surface area contributed by atoms with Crippen LogP contribution in [0.15, 0.2) is 60.7 Å². The molecule has 0 saturated carbocycles. The van der Waals surface area contributed by atoms with Crippen LogP contribution in [0.4, 0.5) is 16.2 Å². The lowest BCUT2D eigenvalue weighted by molar-refractivity contribution is 0.202. The number of rotatable bonds is 3. The maximum atomic E-state index is 13.8. The van der Waals surface area contributed by atoms with E-state index in [9.17, 15) is 4.79 Å². The quantitative estimate of drug-likeness (QED) is 0.637. The Morgan fingerprint density at radius 1 is 1.00 bits per heavy atom. The molecule has 5 heteroatoms. The van der Waals surface area contributed by atoms with E-state index in [1.54, 1.807) is 0 Å². The van der Waals surface area contributed by atoms with Crippen LogP contribution in [-0.4, -0.2) is 27.3 Å². The van der Waals surface area contributed by atoms with Gasteiger partial charge in [-0.3, -0.25) is 9.58 Å². The van der Waals surface area contributed by atoms with Crippen LogP contribution < -0.4 is 4.90 Å². The zero-order valence-corrected chi connectivity index (χ0v) is 16.7. The minimum Gasteiger partial charge on any atom is -0.317 e. The van der Waals surface area contributed by atoms with E-state index in [4.69, 9.17) is 0 Å². The smallest absolute Gasteiger partial charge is 0.317 e. The average molecular weight is 374 g/mol. The van der Waals surface area contributed by atoms with Crippen molar-refractivity contribution >= 4 is 17.4 Å². The number of benzene rings is 2. The summed E-state index contributed by atoms with van der Waals surface area (Å²) in [4.78, 5) is 17.6. The zero-order valence-electron chi connectivity index (χ0n) is 16.7. The minimum atomic E-state index is 0.0163. The van der Waals surface area contributed by atoms with Crippen molar-refractivity contribution in [2.75, 3.05) is 11.4 Å². The zero-order chi connectivity index (χ0) is 19.7. The van der Waals surface area contributed by atoms with Gasteiger partial charge in [0, 0.05) is 24.8 Å². The van der Waals surface area contributed by atoms with Gasteiger partial charge in [-0.25, -0.2) is 4.79 Å². The molecule has 28 heavy (non-hydrogen) atoms. The van der Waals surface area contributed by atoms with E-state index in [0.29, 0.717) is 0 Å². The van der Waals surface area contributed by atoms with E-state index in [1.807, 2.05) is 89.1 Å². The topological polar surface area (TPSA) is 41.4 Å². The molecule has 1 fully saturated rings. The van der Waals surface area contributed by atoms with E-state index < -0.39 is 0 Å². The lowest BCUT2D eigenvalue weighted by atomic mass is 10.0. The Morgan fingerprint density at radius 3 is 2.07 bits per heavy atom. The van der Waals surface area contributed by atoms with Crippen molar-refractivity contribution in [3.05, 3.63) is 77.6 Å². The summed E-state index contributed by atoms with van der Waals surface area (Å²) in [7, 11) is 1.97. The molecule has 5 nitrogen and oxygen atoms in total. The second-order valence-corrected chi connectivity index (χ2v) is 7.35. The van der Waals surface area contributed by atoms with Crippen molar-refractivity contribution in [3.63, 3.8) is 0 Å². The van der Waals surface area contributed by atoms with Crippen molar-refractivity contribution in [2.24, 2.45) is 7.05 Å². The van der Waals surface area contributed by atoms with Crippen LogP contribution in [0, 0.1) is 13.8 Å². The third-order valence-corrected chi connectivity index (χ3v) is 5.62. The summed E-state index contributed by atoms with van der Waals surface area (Å²) < 4.78 is 1.91. The molecule has 0 spiro atoms. The summed E-state index contributed by atoms with van der Waals surface area (Å²) in [5, 5.41) is 4.58. The fraction of sp³-hybridized carbons (Fsp3) is 0.304. The highest BCUT2D eigenvalue weighted by Crippen LogP contribution is 2.38. The maximum absolute atomic E-state index is 13.8. The van der Waals surface area contributed by atoms with E-state index in [1.165, 1.54) is 5.56 Å². The highest BCUT2D eigenvalue weighted by Gasteiger charge is 2.36. The molecule has 0 bridgehead atoms. The molecule has 0 N–H and O–H groups in total. The van der Waals surface area contributed by atoms with Gasteiger partial charge in [-0.1, -0.05) is 36.4 Å². The first kappa shape index (κ1) is 18.3. The Bertz CT molecular complexity index is 926. The first-order valence-electron chi connectivity index (χ1n) is 9.79. The summed E-state index contributed by atoms with van der Waals surface area (Å²) in [6, 6.07) is 19.8. The standard InChI is InChI=1S/C23H26N4O/c1-17-22(18(2)25(3)24-17)21-15-10-16-26(21)23(28)27(19-11-6-4-7-12-19)20-13-8-5-9-14-20/h4-9,11-14,21H,10,15-16H2,1-3H3. The van der Waals surface area contributed by atoms with Gasteiger partial charge in [0.25, 0.3) is 0 Å². The molecule has 2 aromatic carbocycles. The normalized spacial score (nSPS) is 16.4. The van der Waals surface area contributed by atoms with Crippen molar-refractivity contribution in [1.82, 2.24) is 14.7 Å². The largest absolute Gasteiger partial charge is 0.329 e. The number of hydrogen-bond acceptors (Lipinski definition) is 2. The highest BCUT2D eigenvalue weighted by molar-refractivity contribution is 5.99. The van der Waals surface area contributed by atoms with Crippen molar-refractivity contribution in [3.8, 4) is 0 Å². The first-order chi connectivity index (χ1) is 13.6. The Hall–Kier alpha value is -3.08. The van der Waals surface area contributed by atoms with Crippen LogP contribution in [0.5, 0.6) is 0 Å². The number of anilines is 2. The third kappa shape index (κ3) is 3.17. The van der Waals surface area contributed by atoms with Gasteiger partial charge in [0.15, 0.2) is 0 Å². The van der Waals surface area contributed by atoms with E-state index in [2.05, 4.69) is 12.0 Å². The maximum Gasteiger partial charge on any atom is 0.329 e. The van der Waals surface area contributed by atoms with Gasteiger partial charge in [-0.15, -0.1) is 0 Å². The second-order valence-electron chi connectivity index (χ2n) is 7.35. The molecule has 1 unspecified atom stereocenters. The lowest BCUT2D eigenvalue weighted by Gasteiger charge is -2.32. The number of aromatic nitrogens is 2. The number of amides is 2. The van der Waals surface area contributed by atoms with Crippen LogP contribution in [0.1, 0.15) is 35.8 Å². The number of likely N-dealkylation sites (tertiary alicyclic amines) is 1. The Kier molecular flexibility index (Phi) is 4.90. The molecular formula is C23H26N4O. The van der Waals surface area contributed by atoms with Crippen LogP contribution in [-0.2, 0) is 7.05 Å². The number of carbonyl (C=O) groups excluding carboxylic acids is 1. The van der Waals surface area contributed by atoms with Crippen molar-refractivity contribution in [1.29, 1.82) is 0 Å². The first-order valence-corrected chi connectivity index (χ1v) is 9.79. The fourth-order valence-corrected chi connectivity index (χ4v) is 4.22. The molecule has 1 aromatic heterocycles. The van der Waals surface area contributed by atoms with Gasteiger partial charge < -0.3 is 4.90 Å². The van der Waals surface area contributed by atoms with Gasteiger partial charge in [-0.2, -0.15) is 5.10 Å². The van der Waals surface area contributed by atoms with Crippen LogP contribution in [0.2, 0.25) is 0 Å². The summed E-state index contributed by atoms with van der Waals surface area (Å²) in [6.07, 6.45) is 1.97. The molecular weight excluding hydrogens is 348 g/mol. The number of urea groups is 1. The molecule has 4 rings (SSSR count). The van der Waals surface area contributed by atoms with Gasteiger partial charge in [0.05, 0.1) is 23.1 Å². The van der Waals surface area contributed by atoms with Gasteiger partial charge in [-0.05, 0) is 51.0 Å². The predicted molar refractivity (Wildman–Crippen MR) is 112 cm³/mol. The molecule has 2 amide bonds. The highest BCUT2D eigenvalue weighted by atomic mass is 16.2. The minimum absolute atomic E-state index is 0.0163. The summed E-state index contributed by atoms with van der Waals surface area (Å²) in [5.41, 5.74) is 5.09. The number of hydrogen-bond donors (Lipinski definition) is 0. The monoisotopic (exact) mass is 374 g/mol. The Balaban J connectivity index is 1.74. The Morgan fingerprint density at radius 2 is 1.57 bits per heavy atom. The van der Waals surface area contributed by atoms with E-state index in [-0.39, 0.29) is 12.1 Å². The second kappa shape index (κ2) is 7.50. The van der Waals surface area contributed by atoms with E-state index >= 15 is 0 Å². The molecule has 1 aliphatic rings. The van der Waals surface area contributed by atoms with Gasteiger partial charge in [0.1, 0.15) is 0 Å². The molecule has 2 heterocycles. The molecule has 0 radical (unpaired) electrons. The summed E-state index contributed by atoms with van der Waals surface area (Å²) in [5.74, 6) is 0. The fourth-order valence-electron chi connectivity index (χ4n) is 4.22. The Labute approximate surface area is 166 Å². The SMILES string of the molecule is Cc1nn(C)c(C)c1C1CCCN1C(=O)N(c1ccccc1)c1ccccc1. The average Bonchev–Trinajstić information content (AvgIpc) is 3.28. The number of nitrogens with zero attached hydrogens (tertiary/aromatic N) is 4. The molecule has 0 aliphatic carbocycles. The molecule has 1 atom stereocenters. The van der Waals surface area contributed by atoms with Crippen LogP contribution >= 0.6 is 0 Å². The molecule has 1 aliphatic heterocycles. The van der Waals surface area contributed by atoms with Crippen LogP contribution in [0.3, 0.4) is 0 Å².